The molecule has 0 spiro atoms. The van der Waals surface area contributed by atoms with E-state index in [1.54, 1.807) is 6.92 Å². The Labute approximate surface area is 64.3 Å². The first-order valence-corrected chi connectivity index (χ1v) is 3.66. The second-order valence-electron chi connectivity index (χ2n) is 2.14. The highest BCUT2D eigenvalue weighted by molar-refractivity contribution is 6.20. The third kappa shape index (κ3) is 1.25. The Bertz CT molecular complexity index is 142. The van der Waals surface area contributed by atoms with Gasteiger partial charge in [0.05, 0.1) is 19.1 Å². The SMILES string of the molecule is CCOC(=O)C1(CCl)CO1. The van der Waals surface area contributed by atoms with E-state index < -0.39 is 5.60 Å². The quantitative estimate of drug-likeness (QED) is 0.348. The molecular weight excluding hydrogens is 156 g/mol. The Balaban J connectivity index is 2.40. The van der Waals surface area contributed by atoms with Gasteiger partial charge < -0.3 is 9.47 Å². The molecule has 1 atom stereocenters. The summed E-state index contributed by atoms with van der Waals surface area (Å²) >= 11 is 5.46. The third-order valence-corrected chi connectivity index (χ3v) is 1.79. The molecule has 4 heteroatoms. The zero-order chi connectivity index (χ0) is 7.61. The molecule has 0 radical (unpaired) electrons. The number of esters is 1. The van der Waals surface area contributed by atoms with Crippen LogP contribution in [0.5, 0.6) is 0 Å². The van der Waals surface area contributed by atoms with Crippen molar-refractivity contribution in [3.05, 3.63) is 0 Å². The van der Waals surface area contributed by atoms with Gasteiger partial charge in [-0.15, -0.1) is 11.6 Å². The number of ether oxygens (including phenoxy) is 2. The number of alkyl halides is 1. The molecule has 1 aliphatic heterocycles. The molecule has 0 aromatic carbocycles. The Hall–Kier alpha value is -0.280. The lowest BCUT2D eigenvalue weighted by molar-refractivity contribution is -0.148. The molecule has 0 aromatic heterocycles. The second-order valence-corrected chi connectivity index (χ2v) is 2.40. The molecular formula is C6H9ClO3. The number of hydrogen-bond donors (Lipinski definition) is 0. The van der Waals surface area contributed by atoms with E-state index in [1.165, 1.54) is 0 Å². The van der Waals surface area contributed by atoms with Gasteiger partial charge in [-0.1, -0.05) is 0 Å². The van der Waals surface area contributed by atoms with E-state index in [0.717, 1.165) is 0 Å². The molecule has 1 fully saturated rings. The van der Waals surface area contributed by atoms with E-state index in [-0.39, 0.29) is 11.8 Å². The molecule has 0 aromatic rings. The lowest BCUT2D eigenvalue weighted by atomic mass is 10.2. The van der Waals surface area contributed by atoms with Crippen LogP contribution in [0.25, 0.3) is 0 Å². The minimum atomic E-state index is -0.794. The molecule has 58 valence electrons. The van der Waals surface area contributed by atoms with Crippen molar-refractivity contribution in [2.24, 2.45) is 0 Å². The van der Waals surface area contributed by atoms with Crippen LogP contribution in [-0.4, -0.2) is 30.7 Å². The van der Waals surface area contributed by atoms with Crippen molar-refractivity contribution >= 4 is 17.6 Å². The lowest BCUT2D eigenvalue weighted by Gasteiger charge is -2.05. The number of carbonyl (C=O) groups excluding carboxylic acids is 1. The van der Waals surface area contributed by atoms with Crippen LogP contribution in [0.2, 0.25) is 0 Å². The fourth-order valence-corrected chi connectivity index (χ4v) is 0.863. The normalized spacial score (nSPS) is 29.8. The van der Waals surface area contributed by atoms with E-state index in [2.05, 4.69) is 0 Å². The molecule has 10 heavy (non-hydrogen) atoms. The summed E-state index contributed by atoms with van der Waals surface area (Å²) in [7, 11) is 0. The van der Waals surface area contributed by atoms with Crippen molar-refractivity contribution in [2.45, 2.75) is 12.5 Å². The molecule has 0 bridgehead atoms. The Morgan fingerprint density at radius 2 is 2.50 bits per heavy atom. The van der Waals surface area contributed by atoms with E-state index in [1.807, 2.05) is 0 Å². The molecule has 0 amide bonds. The van der Waals surface area contributed by atoms with Gasteiger partial charge in [0.2, 0.25) is 5.60 Å². The molecule has 0 N–H and O–H groups in total. The topological polar surface area (TPSA) is 38.8 Å². The lowest BCUT2D eigenvalue weighted by Crippen LogP contribution is -2.28. The van der Waals surface area contributed by atoms with Crippen molar-refractivity contribution in [1.29, 1.82) is 0 Å². The fourth-order valence-electron chi connectivity index (χ4n) is 0.599. The predicted molar refractivity (Wildman–Crippen MR) is 36.0 cm³/mol. The summed E-state index contributed by atoms with van der Waals surface area (Å²) in [6.45, 7) is 2.53. The van der Waals surface area contributed by atoms with Crippen LogP contribution < -0.4 is 0 Å². The molecule has 1 unspecified atom stereocenters. The predicted octanol–water partition coefficient (Wildman–Crippen LogP) is 0.557. The van der Waals surface area contributed by atoms with E-state index in [0.29, 0.717) is 13.2 Å². The van der Waals surface area contributed by atoms with Crippen molar-refractivity contribution in [2.75, 3.05) is 19.1 Å². The highest BCUT2D eigenvalue weighted by Gasteiger charge is 2.53. The standard InChI is InChI=1S/C6H9ClO3/c1-2-9-5(8)6(3-7)4-10-6/h2-4H2,1H3. The third-order valence-electron chi connectivity index (χ3n) is 1.36. The Morgan fingerprint density at radius 1 is 1.90 bits per heavy atom. The highest BCUT2D eigenvalue weighted by Crippen LogP contribution is 2.29. The summed E-state index contributed by atoms with van der Waals surface area (Å²) in [6, 6.07) is 0. The van der Waals surface area contributed by atoms with Gasteiger partial charge in [0.15, 0.2) is 0 Å². The molecule has 0 aliphatic carbocycles. The van der Waals surface area contributed by atoms with E-state index >= 15 is 0 Å². The van der Waals surface area contributed by atoms with Gasteiger partial charge in [0.1, 0.15) is 0 Å². The zero-order valence-electron chi connectivity index (χ0n) is 5.72. The fraction of sp³-hybridized carbons (Fsp3) is 0.833. The first-order chi connectivity index (χ1) is 4.75. The summed E-state index contributed by atoms with van der Waals surface area (Å²) in [4.78, 5) is 10.9. The van der Waals surface area contributed by atoms with Gasteiger partial charge in [-0.3, -0.25) is 0 Å². The molecule has 1 saturated heterocycles. The van der Waals surface area contributed by atoms with E-state index in [4.69, 9.17) is 21.1 Å². The molecule has 3 nitrogen and oxygen atoms in total. The van der Waals surface area contributed by atoms with Crippen LogP contribution in [0.15, 0.2) is 0 Å². The maximum Gasteiger partial charge on any atom is 0.342 e. The minimum Gasteiger partial charge on any atom is -0.464 e. The zero-order valence-corrected chi connectivity index (χ0v) is 6.48. The number of hydrogen-bond acceptors (Lipinski definition) is 3. The second kappa shape index (κ2) is 2.76. The van der Waals surface area contributed by atoms with Gasteiger partial charge >= 0.3 is 5.97 Å². The summed E-state index contributed by atoms with van der Waals surface area (Å²) in [5, 5.41) is 0. The highest BCUT2D eigenvalue weighted by atomic mass is 35.5. The van der Waals surface area contributed by atoms with Crippen LogP contribution >= 0.6 is 11.6 Å². The van der Waals surface area contributed by atoms with Crippen LogP contribution in [0.3, 0.4) is 0 Å². The van der Waals surface area contributed by atoms with E-state index in [9.17, 15) is 4.79 Å². The largest absolute Gasteiger partial charge is 0.464 e. The average Bonchev–Trinajstić information content (AvgIpc) is 2.68. The molecule has 1 rings (SSSR count). The summed E-state index contributed by atoms with van der Waals surface area (Å²) in [6.07, 6.45) is 0. The molecule has 0 saturated carbocycles. The number of carbonyl (C=O) groups is 1. The van der Waals surface area contributed by atoms with Crippen molar-refractivity contribution < 1.29 is 14.3 Å². The van der Waals surface area contributed by atoms with Crippen LogP contribution in [-0.2, 0) is 14.3 Å². The summed E-state index contributed by atoms with van der Waals surface area (Å²) < 4.78 is 9.56. The van der Waals surface area contributed by atoms with Crippen LogP contribution in [0, 0.1) is 0 Å². The maximum atomic E-state index is 10.9. The van der Waals surface area contributed by atoms with Gasteiger partial charge in [-0.25, -0.2) is 4.79 Å². The smallest absolute Gasteiger partial charge is 0.342 e. The van der Waals surface area contributed by atoms with Gasteiger partial charge in [-0.05, 0) is 6.92 Å². The maximum absolute atomic E-state index is 10.9. The minimum absolute atomic E-state index is 0.186. The van der Waals surface area contributed by atoms with Gasteiger partial charge in [0, 0.05) is 0 Å². The van der Waals surface area contributed by atoms with Crippen molar-refractivity contribution in [1.82, 2.24) is 0 Å². The number of rotatable bonds is 3. The number of epoxide rings is 1. The summed E-state index contributed by atoms with van der Waals surface area (Å²) in [5.41, 5.74) is -0.794. The monoisotopic (exact) mass is 164 g/mol. The van der Waals surface area contributed by atoms with Crippen molar-refractivity contribution in [3.63, 3.8) is 0 Å². The summed E-state index contributed by atoms with van der Waals surface area (Å²) in [5.74, 6) is -0.156. The first kappa shape index (κ1) is 7.82. The number of halogens is 1. The van der Waals surface area contributed by atoms with Gasteiger partial charge in [-0.2, -0.15) is 0 Å². The van der Waals surface area contributed by atoms with Crippen LogP contribution in [0.1, 0.15) is 6.92 Å². The molecule has 1 heterocycles. The first-order valence-electron chi connectivity index (χ1n) is 3.12. The average molecular weight is 165 g/mol. The van der Waals surface area contributed by atoms with Gasteiger partial charge in [0.25, 0.3) is 0 Å². The molecule has 1 aliphatic rings. The van der Waals surface area contributed by atoms with Crippen molar-refractivity contribution in [3.8, 4) is 0 Å². The van der Waals surface area contributed by atoms with Crippen LogP contribution in [0.4, 0.5) is 0 Å². The Kier molecular flexibility index (Phi) is 2.16. The Morgan fingerprint density at radius 3 is 2.80 bits per heavy atom.